The Balaban J connectivity index is 4.04. The zero-order valence-corrected chi connectivity index (χ0v) is 55.5. The minimum Gasteiger partial charge on any atom is -0.462 e. The largest absolute Gasteiger partial charge is 0.462 e. The Morgan fingerprint density at radius 3 is 0.695 bits per heavy atom. The van der Waals surface area contributed by atoms with Crippen molar-refractivity contribution in [3.8, 4) is 0 Å². The summed E-state index contributed by atoms with van der Waals surface area (Å²) in [6.07, 6.45) is 89.2. The highest BCUT2D eigenvalue weighted by Gasteiger charge is 2.19. The van der Waals surface area contributed by atoms with Gasteiger partial charge in [0.1, 0.15) is 13.2 Å². The molecule has 0 heterocycles. The number of hydrogen-bond acceptors (Lipinski definition) is 6. The SMILES string of the molecule is CCCCCC/C=C\C/C=C\CCCCCCCCCC(=O)OC(COC(=O)CCCCCCCCCCCCC)COC(=O)CCCCCCCCCCCCCCCCCCCCCCCCC/C=C\CCCCCCCCCC. The molecule has 6 nitrogen and oxygen atoms in total. The van der Waals surface area contributed by atoms with Crippen molar-refractivity contribution in [2.24, 2.45) is 0 Å². The van der Waals surface area contributed by atoms with Gasteiger partial charge in [-0.2, -0.15) is 0 Å². The molecule has 0 fully saturated rings. The first-order chi connectivity index (χ1) is 40.5. The summed E-state index contributed by atoms with van der Waals surface area (Å²) in [4.78, 5) is 38.3. The first kappa shape index (κ1) is 79.6. The van der Waals surface area contributed by atoms with Crippen molar-refractivity contribution in [1.29, 1.82) is 0 Å². The molecule has 482 valence electrons. The second-order valence-electron chi connectivity index (χ2n) is 25.2. The van der Waals surface area contributed by atoms with Gasteiger partial charge >= 0.3 is 17.9 Å². The van der Waals surface area contributed by atoms with E-state index in [2.05, 4.69) is 57.2 Å². The lowest BCUT2D eigenvalue weighted by Gasteiger charge is -2.18. The molecule has 0 radical (unpaired) electrons. The normalized spacial score (nSPS) is 12.2. The molecule has 6 heteroatoms. The Bertz CT molecular complexity index is 1370. The summed E-state index contributed by atoms with van der Waals surface area (Å²) >= 11 is 0. The standard InChI is InChI=1S/C76H142O6/c1-4-7-10-13-16-19-22-24-26-28-30-31-32-33-34-35-36-37-38-39-40-41-42-43-44-45-46-48-49-51-54-57-60-63-66-69-75(78)81-72-73(71-80-74(77)68-65-62-59-56-53-21-18-15-12-9-6-3)82-76(79)70-67-64-61-58-55-52-50-47-29-27-25-23-20-17-14-11-8-5-2/h20,23,27-30,73H,4-19,21-22,24-26,31-72H2,1-3H3/b23-20-,29-27-,30-28-. The van der Waals surface area contributed by atoms with Crippen molar-refractivity contribution >= 4 is 17.9 Å². The summed E-state index contributed by atoms with van der Waals surface area (Å²) in [5, 5.41) is 0. The molecule has 0 spiro atoms. The van der Waals surface area contributed by atoms with E-state index in [9.17, 15) is 14.4 Å². The van der Waals surface area contributed by atoms with Crippen LogP contribution in [0.15, 0.2) is 36.5 Å². The number of ether oxygens (including phenoxy) is 3. The second kappa shape index (κ2) is 71.1. The molecule has 0 saturated heterocycles. The summed E-state index contributed by atoms with van der Waals surface area (Å²) in [6.45, 7) is 6.68. The van der Waals surface area contributed by atoms with E-state index in [1.807, 2.05) is 0 Å². The molecular formula is C76H142O6. The van der Waals surface area contributed by atoms with Gasteiger partial charge in [-0.05, 0) is 77.0 Å². The van der Waals surface area contributed by atoms with E-state index in [0.717, 1.165) is 70.6 Å². The average Bonchev–Trinajstić information content (AvgIpc) is 3.47. The lowest BCUT2D eigenvalue weighted by molar-refractivity contribution is -0.167. The van der Waals surface area contributed by atoms with Crippen LogP contribution in [0.4, 0.5) is 0 Å². The number of carbonyl (C=O) groups is 3. The Kier molecular flexibility index (Phi) is 69.1. The molecule has 0 saturated carbocycles. The van der Waals surface area contributed by atoms with E-state index < -0.39 is 6.10 Å². The third kappa shape index (κ3) is 68.4. The highest BCUT2D eigenvalue weighted by Crippen LogP contribution is 2.19. The van der Waals surface area contributed by atoms with Crippen LogP contribution in [-0.2, 0) is 28.6 Å². The minimum atomic E-state index is -0.773. The summed E-state index contributed by atoms with van der Waals surface area (Å²) in [7, 11) is 0. The fourth-order valence-electron chi connectivity index (χ4n) is 11.3. The average molecular weight is 1150 g/mol. The molecule has 0 aliphatic heterocycles. The van der Waals surface area contributed by atoms with E-state index in [-0.39, 0.29) is 31.1 Å². The maximum atomic E-state index is 12.9. The molecule has 0 rings (SSSR count). The Labute approximate surface area is 512 Å². The molecule has 0 aromatic rings. The molecule has 0 aliphatic carbocycles. The number of allylic oxidation sites excluding steroid dienone is 6. The maximum Gasteiger partial charge on any atom is 0.306 e. The summed E-state index contributed by atoms with van der Waals surface area (Å²) in [5.41, 5.74) is 0. The van der Waals surface area contributed by atoms with Gasteiger partial charge in [-0.15, -0.1) is 0 Å². The maximum absolute atomic E-state index is 12.9. The van der Waals surface area contributed by atoms with Crippen LogP contribution in [0.2, 0.25) is 0 Å². The van der Waals surface area contributed by atoms with Gasteiger partial charge in [-0.3, -0.25) is 14.4 Å². The Morgan fingerprint density at radius 2 is 0.439 bits per heavy atom. The highest BCUT2D eigenvalue weighted by molar-refractivity contribution is 5.71. The molecule has 0 aliphatic rings. The van der Waals surface area contributed by atoms with Crippen LogP contribution in [0.25, 0.3) is 0 Å². The Morgan fingerprint density at radius 1 is 0.244 bits per heavy atom. The number of unbranched alkanes of at least 4 members (excludes halogenated alkanes) is 52. The predicted molar refractivity (Wildman–Crippen MR) is 358 cm³/mol. The quantitative estimate of drug-likeness (QED) is 0.0261. The molecule has 1 unspecified atom stereocenters. The van der Waals surface area contributed by atoms with Crippen molar-refractivity contribution in [3.63, 3.8) is 0 Å². The van der Waals surface area contributed by atoms with Crippen LogP contribution in [0.3, 0.4) is 0 Å². The number of rotatable bonds is 69. The minimum absolute atomic E-state index is 0.0696. The summed E-state index contributed by atoms with van der Waals surface area (Å²) < 4.78 is 17.0. The van der Waals surface area contributed by atoms with E-state index in [0.29, 0.717) is 19.3 Å². The second-order valence-corrected chi connectivity index (χ2v) is 25.2. The van der Waals surface area contributed by atoms with Crippen molar-refractivity contribution < 1.29 is 28.6 Å². The van der Waals surface area contributed by atoms with Gasteiger partial charge in [-0.25, -0.2) is 0 Å². The number of carbonyl (C=O) groups excluding carboxylic acids is 3. The molecule has 0 aromatic carbocycles. The van der Waals surface area contributed by atoms with Gasteiger partial charge in [-0.1, -0.05) is 353 Å². The van der Waals surface area contributed by atoms with Crippen LogP contribution < -0.4 is 0 Å². The lowest BCUT2D eigenvalue weighted by atomic mass is 10.0. The van der Waals surface area contributed by atoms with E-state index in [4.69, 9.17) is 14.2 Å². The molecule has 0 amide bonds. The fourth-order valence-corrected chi connectivity index (χ4v) is 11.3. The zero-order valence-electron chi connectivity index (χ0n) is 55.5. The van der Waals surface area contributed by atoms with Gasteiger partial charge < -0.3 is 14.2 Å². The predicted octanol–water partition coefficient (Wildman–Crippen LogP) is 25.5. The first-order valence-electron chi connectivity index (χ1n) is 37.0. The van der Waals surface area contributed by atoms with Crippen LogP contribution in [0.1, 0.15) is 412 Å². The smallest absolute Gasteiger partial charge is 0.306 e. The fraction of sp³-hybridized carbons (Fsp3) is 0.882. The number of hydrogen-bond donors (Lipinski definition) is 0. The monoisotopic (exact) mass is 1150 g/mol. The summed E-state index contributed by atoms with van der Waals surface area (Å²) in [6, 6.07) is 0. The molecule has 82 heavy (non-hydrogen) atoms. The molecular weight excluding hydrogens is 1010 g/mol. The summed E-state index contributed by atoms with van der Waals surface area (Å²) in [5.74, 6) is -0.850. The van der Waals surface area contributed by atoms with Crippen molar-refractivity contribution in [2.75, 3.05) is 13.2 Å². The molecule has 0 bridgehead atoms. The number of esters is 3. The van der Waals surface area contributed by atoms with Gasteiger partial charge in [0.05, 0.1) is 0 Å². The van der Waals surface area contributed by atoms with E-state index in [1.54, 1.807) is 0 Å². The van der Waals surface area contributed by atoms with Gasteiger partial charge in [0, 0.05) is 19.3 Å². The van der Waals surface area contributed by atoms with Gasteiger partial charge in [0.15, 0.2) is 6.10 Å². The van der Waals surface area contributed by atoms with Gasteiger partial charge in [0.25, 0.3) is 0 Å². The molecule has 0 N–H and O–H groups in total. The van der Waals surface area contributed by atoms with Crippen LogP contribution in [-0.4, -0.2) is 37.2 Å². The van der Waals surface area contributed by atoms with Gasteiger partial charge in [0.2, 0.25) is 0 Å². The van der Waals surface area contributed by atoms with Crippen molar-refractivity contribution in [1.82, 2.24) is 0 Å². The van der Waals surface area contributed by atoms with Crippen LogP contribution in [0.5, 0.6) is 0 Å². The third-order valence-electron chi connectivity index (χ3n) is 16.9. The van der Waals surface area contributed by atoms with E-state index >= 15 is 0 Å². The van der Waals surface area contributed by atoms with Crippen LogP contribution in [0, 0.1) is 0 Å². The first-order valence-corrected chi connectivity index (χ1v) is 37.0. The lowest BCUT2D eigenvalue weighted by Crippen LogP contribution is -2.30. The van der Waals surface area contributed by atoms with Crippen LogP contribution >= 0.6 is 0 Å². The van der Waals surface area contributed by atoms with E-state index in [1.165, 1.54) is 302 Å². The third-order valence-corrected chi connectivity index (χ3v) is 16.9. The highest BCUT2D eigenvalue weighted by atomic mass is 16.6. The topological polar surface area (TPSA) is 78.9 Å². The zero-order chi connectivity index (χ0) is 59.2. The van der Waals surface area contributed by atoms with Crippen molar-refractivity contribution in [3.05, 3.63) is 36.5 Å². The molecule has 1 atom stereocenters. The van der Waals surface area contributed by atoms with Crippen molar-refractivity contribution in [2.45, 2.75) is 419 Å². The Hall–Kier alpha value is -2.37. The molecule has 0 aromatic heterocycles.